The lowest BCUT2D eigenvalue weighted by molar-refractivity contribution is -0.123. The normalized spacial score (nSPS) is 16.8. The van der Waals surface area contributed by atoms with Gasteiger partial charge in [0.2, 0.25) is 5.17 Å². The maximum absolute atomic E-state index is 12.5. The molecule has 1 aliphatic heterocycles. The second-order valence-corrected chi connectivity index (χ2v) is 7.80. The van der Waals surface area contributed by atoms with Crippen LogP contribution in [0.3, 0.4) is 0 Å². The van der Waals surface area contributed by atoms with Crippen LogP contribution in [0.4, 0.5) is 5.82 Å². The van der Waals surface area contributed by atoms with E-state index in [2.05, 4.69) is 10.1 Å². The van der Waals surface area contributed by atoms with Gasteiger partial charge >= 0.3 is 0 Å². The van der Waals surface area contributed by atoms with Crippen molar-refractivity contribution in [2.45, 2.75) is 19.9 Å². The number of rotatable bonds is 7. The zero-order valence-corrected chi connectivity index (χ0v) is 17.5. The lowest BCUT2D eigenvalue weighted by Gasteiger charge is -2.18. The number of carbonyl (C=O) groups excluding carboxylic acids is 1. The van der Waals surface area contributed by atoms with E-state index in [1.807, 2.05) is 68.3 Å². The fourth-order valence-electron chi connectivity index (χ4n) is 2.82. The Bertz CT molecular complexity index is 898. The Morgan fingerprint density at radius 3 is 2.62 bits per heavy atom. The van der Waals surface area contributed by atoms with Crippen LogP contribution in [0.2, 0.25) is 0 Å². The maximum atomic E-state index is 12.5. The molecule has 1 amide bonds. The Kier molecular flexibility index (Phi) is 6.77. The molecule has 8 heteroatoms. The minimum atomic E-state index is -0.157. The van der Waals surface area contributed by atoms with Gasteiger partial charge in [0.25, 0.3) is 5.91 Å². The van der Waals surface area contributed by atoms with E-state index in [-0.39, 0.29) is 11.9 Å². The SMILES string of the molecule is CC(C)N1C(=O)/C(=C/c2ccc(OCCN(C)c3ccccn3)cc2)S/C1=N\O. The summed E-state index contributed by atoms with van der Waals surface area (Å²) in [5.74, 6) is 1.50. The van der Waals surface area contributed by atoms with Gasteiger partial charge in [0.05, 0.1) is 11.4 Å². The molecule has 0 spiro atoms. The molecule has 3 rings (SSSR count). The first-order valence-electron chi connectivity index (χ1n) is 9.30. The molecular weight excluding hydrogens is 388 g/mol. The van der Waals surface area contributed by atoms with Gasteiger partial charge in [-0.15, -0.1) is 0 Å². The number of carbonyl (C=O) groups is 1. The van der Waals surface area contributed by atoms with Crippen molar-refractivity contribution in [3.8, 4) is 5.75 Å². The molecular formula is C21H24N4O3S. The summed E-state index contributed by atoms with van der Waals surface area (Å²) in [6.07, 6.45) is 3.56. The summed E-state index contributed by atoms with van der Waals surface area (Å²) in [6.45, 7) is 5.00. The van der Waals surface area contributed by atoms with Gasteiger partial charge in [0.1, 0.15) is 18.2 Å². The number of hydrogen-bond donors (Lipinski definition) is 1. The average Bonchev–Trinajstić information content (AvgIpc) is 3.05. The van der Waals surface area contributed by atoms with E-state index in [0.717, 1.165) is 28.9 Å². The van der Waals surface area contributed by atoms with Gasteiger partial charge in [-0.3, -0.25) is 9.69 Å². The van der Waals surface area contributed by atoms with Crippen molar-refractivity contribution < 1.29 is 14.7 Å². The van der Waals surface area contributed by atoms with Gasteiger partial charge in [0.15, 0.2) is 0 Å². The summed E-state index contributed by atoms with van der Waals surface area (Å²) < 4.78 is 5.80. The highest BCUT2D eigenvalue weighted by molar-refractivity contribution is 8.18. The molecule has 1 fully saturated rings. The van der Waals surface area contributed by atoms with E-state index in [4.69, 9.17) is 9.94 Å². The van der Waals surface area contributed by atoms with Crippen molar-refractivity contribution in [1.29, 1.82) is 0 Å². The Hall–Kier alpha value is -3.00. The average molecular weight is 413 g/mol. The Balaban J connectivity index is 1.58. The molecule has 0 aliphatic carbocycles. The number of pyridine rings is 1. The summed E-state index contributed by atoms with van der Waals surface area (Å²) in [4.78, 5) is 20.9. The lowest BCUT2D eigenvalue weighted by Crippen LogP contribution is -2.35. The van der Waals surface area contributed by atoms with Crippen LogP contribution in [0.5, 0.6) is 5.75 Å². The number of ether oxygens (including phenoxy) is 1. The standard InChI is InChI=1S/C21H24N4O3S/c1-15(2)25-20(26)18(29-21(25)23-27)14-16-7-9-17(10-8-16)28-13-12-24(3)19-6-4-5-11-22-19/h4-11,14-15,27H,12-13H2,1-3H3/b18-14-,23-21-. The Morgan fingerprint density at radius 1 is 1.28 bits per heavy atom. The third kappa shape index (κ3) is 5.08. The van der Waals surface area contributed by atoms with E-state index in [0.29, 0.717) is 23.2 Å². The monoisotopic (exact) mass is 412 g/mol. The van der Waals surface area contributed by atoms with E-state index in [1.165, 1.54) is 4.90 Å². The van der Waals surface area contributed by atoms with Crippen molar-refractivity contribution in [3.05, 3.63) is 59.1 Å². The fourth-order valence-corrected chi connectivity index (χ4v) is 3.83. The maximum Gasteiger partial charge on any atom is 0.267 e. The number of anilines is 1. The molecule has 2 heterocycles. The molecule has 2 aromatic rings. The molecule has 0 unspecified atom stereocenters. The molecule has 0 bridgehead atoms. The van der Waals surface area contributed by atoms with Crippen LogP contribution in [0, 0.1) is 0 Å². The summed E-state index contributed by atoms with van der Waals surface area (Å²) >= 11 is 1.16. The number of nitrogens with zero attached hydrogens (tertiary/aromatic N) is 4. The molecule has 1 aromatic carbocycles. The molecule has 0 saturated carbocycles. The van der Waals surface area contributed by atoms with Crippen LogP contribution >= 0.6 is 11.8 Å². The highest BCUT2D eigenvalue weighted by Gasteiger charge is 2.35. The third-order valence-corrected chi connectivity index (χ3v) is 5.33. The molecule has 0 radical (unpaired) electrons. The number of likely N-dealkylation sites (N-methyl/N-ethyl adjacent to an activating group) is 1. The summed E-state index contributed by atoms with van der Waals surface area (Å²) in [6, 6.07) is 13.3. The number of amides is 1. The first-order chi connectivity index (χ1) is 14.0. The molecule has 7 nitrogen and oxygen atoms in total. The largest absolute Gasteiger partial charge is 0.492 e. The van der Waals surface area contributed by atoms with Crippen LogP contribution in [0.15, 0.2) is 58.7 Å². The van der Waals surface area contributed by atoms with E-state index in [1.54, 1.807) is 12.3 Å². The second kappa shape index (κ2) is 9.47. The fraction of sp³-hybridized carbons (Fsp3) is 0.286. The molecule has 1 saturated heterocycles. The van der Waals surface area contributed by atoms with Crippen molar-refractivity contribution in [2.75, 3.05) is 25.1 Å². The Labute approximate surface area is 174 Å². The minimum absolute atomic E-state index is 0.0770. The number of oxime groups is 1. The van der Waals surface area contributed by atoms with Crippen molar-refractivity contribution >= 4 is 34.7 Å². The smallest absolute Gasteiger partial charge is 0.267 e. The van der Waals surface area contributed by atoms with Gasteiger partial charge in [-0.25, -0.2) is 4.98 Å². The Morgan fingerprint density at radius 2 is 2.03 bits per heavy atom. The van der Waals surface area contributed by atoms with Gasteiger partial charge in [0, 0.05) is 19.3 Å². The van der Waals surface area contributed by atoms with Crippen LogP contribution in [0.25, 0.3) is 6.08 Å². The van der Waals surface area contributed by atoms with Crippen molar-refractivity contribution in [1.82, 2.24) is 9.88 Å². The molecule has 1 aromatic heterocycles. The van der Waals surface area contributed by atoms with Crippen LogP contribution in [-0.4, -0.2) is 52.4 Å². The number of hydrogen-bond acceptors (Lipinski definition) is 7. The predicted octanol–water partition coefficient (Wildman–Crippen LogP) is 3.67. The summed E-state index contributed by atoms with van der Waals surface area (Å²) in [5.41, 5.74) is 0.877. The third-order valence-electron chi connectivity index (χ3n) is 4.35. The van der Waals surface area contributed by atoms with Crippen LogP contribution < -0.4 is 9.64 Å². The molecule has 0 atom stereocenters. The lowest BCUT2D eigenvalue weighted by atomic mass is 10.2. The topological polar surface area (TPSA) is 78.3 Å². The highest BCUT2D eigenvalue weighted by atomic mass is 32.2. The van der Waals surface area contributed by atoms with Gasteiger partial charge in [-0.1, -0.05) is 23.4 Å². The minimum Gasteiger partial charge on any atom is -0.492 e. The van der Waals surface area contributed by atoms with Crippen molar-refractivity contribution in [2.24, 2.45) is 5.16 Å². The van der Waals surface area contributed by atoms with Gasteiger partial charge < -0.3 is 14.8 Å². The summed E-state index contributed by atoms with van der Waals surface area (Å²) in [7, 11) is 1.97. The first kappa shape index (κ1) is 20.7. The van der Waals surface area contributed by atoms with Gasteiger partial charge in [-0.2, -0.15) is 0 Å². The second-order valence-electron chi connectivity index (χ2n) is 6.79. The number of aromatic nitrogens is 1. The van der Waals surface area contributed by atoms with Gasteiger partial charge in [-0.05, 0) is 61.5 Å². The summed E-state index contributed by atoms with van der Waals surface area (Å²) in [5, 5.41) is 12.7. The molecule has 1 aliphatic rings. The van der Waals surface area contributed by atoms with E-state index < -0.39 is 0 Å². The highest BCUT2D eigenvalue weighted by Crippen LogP contribution is 2.33. The molecule has 1 N–H and O–H groups in total. The van der Waals surface area contributed by atoms with Crippen molar-refractivity contribution in [3.63, 3.8) is 0 Å². The zero-order valence-electron chi connectivity index (χ0n) is 16.6. The number of thioether (sulfide) groups is 1. The zero-order chi connectivity index (χ0) is 20.8. The molecule has 29 heavy (non-hydrogen) atoms. The molecule has 152 valence electrons. The predicted molar refractivity (Wildman–Crippen MR) is 116 cm³/mol. The van der Waals surface area contributed by atoms with E-state index in [9.17, 15) is 4.79 Å². The van der Waals surface area contributed by atoms with E-state index >= 15 is 0 Å². The first-order valence-corrected chi connectivity index (χ1v) is 10.1. The van der Waals surface area contributed by atoms with Crippen LogP contribution in [-0.2, 0) is 4.79 Å². The van der Waals surface area contributed by atoms with Crippen LogP contribution in [0.1, 0.15) is 19.4 Å². The number of benzene rings is 1. The quantitative estimate of drug-likeness (QED) is 0.425. The number of amidine groups is 1.